The van der Waals surface area contributed by atoms with Crippen LogP contribution in [0.2, 0.25) is 5.02 Å². The molecule has 33 heavy (non-hydrogen) atoms. The molecule has 3 rings (SSSR count). The molecule has 0 aromatic heterocycles. The molecule has 0 unspecified atom stereocenters. The third-order valence-electron chi connectivity index (χ3n) is 4.95. The highest BCUT2D eigenvalue weighted by atomic mass is 79.9. The highest BCUT2D eigenvalue weighted by Gasteiger charge is 2.27. The second kappa shape index (κ2) is 10.5. The van der Waals surface area contributed by atoms with Gasteiger partial charge in [-0.3, -0.25) is 9.10 Å². The third kappa shape index (κ3) is 6.22. The summed E-state index contributed by atoms with van der Waals surface area (Å²) in [5, 5.41) is 4.53. The third-order valence-corrected chi connectivity index (χ3v) is 7.67. The zero-order valence-electron chi connectivity index (χ0n) is 18.3. The Morgan fingerprint density at radius 2 is 1.67 bits per heavy atom. The highest BCUT2D eigenvalue weighted by molar-refractivity contribution is 9.10. The van der Waals surface area contributed by atoms with Gasteiger partial charge in [0.2, 0.25) is 0 Å². The molecule has 9 heteroatoms. The van der Waals surface area contributed by atoms with Crippen molar-refractivity contribution in [3.05, 3.63) is 92.9 Å². The van der Waals surface area contributed by atoms with E-state index < -0.39 is 22.5 Å². The number of benzene rings is 3. The van der Waals surface area contributed by atoms with Crippen LogP contribution in [-0.4, -0.2) is 26.6 Å². The van der Waals surface area contributed by atoms with Gasteiger partial charge in [0.25, 0.3) is 15.9 Å². The molecule has 0 saturated carbocycles. The maximum Gasteiger partial charge on any atom is 0.264 e. The van der Waals surface area contributed by atoms with Crippen LogP contribution in [0, 0.1) is 13.8 Å². The Labute approximate surface area is 207 Å². The van der Waals surface area contributed by atoms with Crippen LogP contribution in [0.5, 0.6) is 0 Å². The molecule has 0 saturated heterocycles. The average Bonchev–Trinajstić information content (AvgIpc) is 2.78. The van der Waals surface area contributed by atoms with Crippen LogP contribution in [0.3, 0.4) is 0 Å². The van der Waals surface area contributed by atoms with Crippen molar-refractivity contribution in [1.29, 1.82) is 0 Å². The molecule has 1 amide bonds. The van der Waals surface area contributed by atoms with Gasteiger partial charge in [-0.25, -0.2) is 13.8 Å². The molecule has 3 aromatic rings. The largest absolute Gasteiger partial charge is 0.271 e. The standard InChI is InChI=1S/C24H23BrClN3O3S/c1-16-4-12-22(13-5-16)33(31,32)29(21-11-6-17(2)23(26)14-21)15-24(30)28-27-18(3)19-7-9-20(25)10-8-19/h4-14H,15H2,1-3H3,(H,28,30)/b27-18-. The van der Waals surface area contributed by atoms with Crippen molar-refractivity contribution < 1.29 is 13.2 Å². The molecule has 0 aliphatic carbocycles. The van der Waals surface area contributed by atoms with E-state index in [2.05, 4.69) is 26.5 Å². The fourth-order valence-electron chi connectivity index (χ4n) is 2.96. The smallest absolute Gasteiger partial charge is 0.264 e. The number of hydrogen-bond donors (Lipinski definition) is 1. The normalized spacial score (nSPS) is 11.8. The summed E-state index contributed by atoms with van der Waals surface area (Å²) < 4.78 is 28.8. The van der Waals surface area contributed by atoms with Gasteiger partial charge in [-0.1, -0.05) is 63.4 Å². The minimum atomic E-state index is -4.03. The minimum Gasteiger partial charge on any atom is -0.271 e. The second-order valence-corrected chi connectivity index (χ2v) is 10.7. The Balaban J connectivity index is 1.90. The lowest BCUT2D eigenvalue weighted by Gasteiger charge is -2.24. The molecule has 0 aliphatic heterocycles. The molecule has 0 atom stereocenters. The van der Waals surface area contributed by atoms with Gasteiger partial charge in [0.15, 0.2) is 0 Å². The predicted molar refractivity (Wildman–Crippen MR) is 136 cm³/mol. The number of rotatable bonds is 7. The van der Waals surface area contributed by atoms with E-state index in [0.29, 0.717) is 10.7 Å². The summed E-state index contributed by atoms with van der Waals surface area (Å²) in [4.78, 5) is 12.8. The fraction of sp³-hybridized carbons (Fsp3) is 0.167. The Hall–Kier alpha value is -2.68. The lowest BCUT2D eigenvalue weighted by Crippen LogP contribution is -2.39. The van der Waals surface area contributed by atoms with Crippen LogP contribution in [0.25, 0.3) is 0 Å². The van der Waals surface area contributed by atoms with Gasteiger partial charge < -0.3 is 0 Å². The van der Waals surface area contributed by atoms with E-state index in [1.807, 2.05) is 38.1 Å². The number of hydrazone groups is 1. The van der Waals surface area contributed by atoms with Crippen LogP contribution >= 0.6 is 27.5 Å². The maximum absolute atomic E-state index is 13.4. The number of nitrogens with zero attached hydrogens (tertiary/aromatic N) is 2. The number of amides is 1. The molecule has 6 nitrogen and oxygen atoms in total. The van der Waals surface area contributed by atoms with Gasteiger partial charge >= 0.3 is 0 Å². The van der Waals surface area contributed by atoms with Gasteiger partial charge in [0, 0.05) is 9.50 Å². The Morgan fingerprint density at radius 1 is 1.03 bits per heavy atom. The summed E-state index contributed by atoms with van der Waals surface area (Å²) in [5.74, 6) is -0.584. The van der Waals surface area contributed by atoms with Crippen LogP contribution in [0.1, 0.15) is 23.6 Å². The first-order chi connectivity index (χ1) is 15.6. The lowest BCUT2D eigenvalue weighted by molar-refractivity contribution is -0.119. The quantitative estimate of drug-likeness (QED) is 0.315. The first-order valence-corrected chi connectivity index (χ1v) is 12.6. The first-order valence-electron chi connectivity index (χ1n) is 10.0. The number of halogens is 2. The number of aryl methyl sites for hydroxylation is 2. The number of carbonyl (C=O) groups is 1. The van der Waals surface area contributed by atoms with Gasteiger partial charge in [-0.05, 0) is 68.3 Å². The van der Waals surface area contributed by atoms with E-state index in [4.69, 9.17) is 11.6 Å². The van der Waals surface area contributed by atoms with E-state index in [1.165, 1.54) is 18.2 Å². The molecule has 0 bridgehead atoms. The highest BCUT2D eigenvalue weighted by Crippen LogP contribution is 2.28. The first kappa shape index (κ1) is 25.0. The summed E-state index contributed by atoms with van der Waals surface area (Å²) in [6.07, 6.45) is 0. The number of sulfonamides is 1. The van der Waals surface area contributed by atoms with Crippen LogP contribution in [0.4, 0.5) is 5.69 Å². The molecule has 1 N–H and O–H groups in total. The van der Waals surface area contributed by atoms with Crippen LogP contribution < -0.4 is 9.73 Å². The van der Waals surface area contributed by atoms with Crippen molar-refractivity contribution >= 4 is 54.9 Å². The van der Waals surface area contributed by atoms with E-state index in [1.54, 1.807) is 31.2 Å². The van der Waals surface area contributed by atoms with Gasteiger partial charge in [-0.15, -0.1) is 0 Å². The van der Waals surface area contributed by atoms with Crippen molar-refractivity contribution in [1.82, 2.24) is 5.43 Å². The molecule has 0 radical (unpaired) electrons. The fourth-order valence-corrected chi connectivity index (χ4v) is 4.81. The average molecular weight is 549 g/mol. The molecule has 0 aliphatic rings. The topological polar surface area (TPSA) is 78.8 Å². The Bertz CT molecular complexity index is 1290. The summed E-state index contributed by atoms with van der Waals surface area (Å²) in [7, 11) is -4.03. The zero-order chi connectivity index (χ0) is 24.2. The zero-order valence-corrected chi connectivity index (χ0v) is 21.5. The predicted octanol–water partition coefficient (Wildman–Crippen LogP) is 5.46. The van der Waals surface area contributed by atoms with Crippen molar-refractivity contribution in [3.63, 3.8) is 0 Å². The Kier molecular flexibility index (Phi) is 7.94. The second-order valence-electron chi connectivity index (χ2n) is 7.50. The summed E-state index contributed by atoms with van der Waals surface area (Å²) in [6.45, 7) is 4.97. The summed E-state index contributed by atoms with van der Waals surface area (Å²) in [5.41, 5.74) is 5.88. The van der Waals surface area contributed by atoms with Gasteiger partial charge in [0.05, 0.1) is 16.3 Å². The van der Waals surface area contributed by atoms with Crippen molar-refractivity contribution in [3.8, 4) is 0 Å². The van der Waals surface area contributed by atoms with Crippen LogP contribution in [-0.2, 0) is 14.8 Å². The van der Waals surface area contributed by atoms with E-state index in [-0.39, 0.29) is 10.6 Å². The number of nitrogens with one attached hydrogen (secondary N) is 1. The molecule has 172 valence electrons. The van der Waals surface area contributed by atoms with Crippen molar-refractivity contribution in [2.75, 3.05) is 10.8 Å². The van der Waals surface area contributed by atoms with E-state index in [0.717, 1.165) is 25.5 Å². The van der Waals surface area contributed by atoms with E-state index >= 15 is 0 Å². The van der Waals surface area contributed by atoms with Crippen molar-refractivity contribution in [2.45, 2.75) is 25.7 Å². The van der Waals surface area contributed by atoms with Gasteiger partial charge in [-0.2, -0.15) is 5.10 Å². The summed E-state index contributed by atoms with van der Waals surface area (Å²) in [6, 6.07) is 18.8. The van der Waals surface area contributed by atoms with Gasteiger partial charge in [0.1, 0.15) is 6.54 Å². The molecule has 0 spiro atoms. The minimum absolute atomic E-state index is 0.0761. The SMILES string of the molecule is C/C(=N/NC(=O)CN(c1ccc(C)c(Cl)c1)S(=O)(=O)c1ccc(C)cc1)c1ccc(Br)cc1. The molecule has 0 fully saturated rings. The van der Waals surface area contributed by atoms with E-state index in [9.17, 15) is 13.2 Å². The molecule has 0 heterocycles. The molecular formula is C24H23BrClN3O3S. The molecule has 3 aromatic carbocycles. The maximum atomic E-state index is 13.4. The van der Waals surface area contributed by atoms with Crippen LogP contribution in [0.15, 0.2) is 81.2 Å². The number of carbonyl (C=O) groups excluding carboxylic acids is 1. The monoisotopic (exact) mass is 547 g/mol. The van der Waals surface area contributed by atoms with Crippen molar-refractivity contribution in [2.24, 2.45) is 5.10 Å². The molecular weight excluding hydrogens is 526 g/mol. The Morgan fingerprint density at radius 3 is 2.27 bits per heavy atom. The number of hydrogen-bond acceptors (Lipinski definition) is 4. The summed E-state index contributed by atoms with van der Waals surface area (Å²) >= 11 is 9.62. The lowest BCUT2D eigenvalue weighted by atomic mass is 10.1. The number of anilines is 1.